The lowest BCUT2D eigenvalue weighted by Gasteiger charge is -2.02. The van der Waals surface area contributed by atoms with Gasteiger partial charge in [0.1, 0.15) is 6.29 Å². The maximum atomic E-state index is 10.6. The summed E-state index contributed by atoms with van der Waals surface area (Å²) in [6, 6.07) is 0. The molecule has 0 amide bonds. The second-order valence-electron chi connectivity index (χ2n) is 10.4. The molecule has 0 aliphatic carbocycles. The number of esters is 1. The maximum absolute atomic E-state index is 10.6. The van der Waals surface area contributed by atoms with Crippen molar-refractivity contribution in [2.45, 2.75) is 175 Å². The quantitative estimate of drug-likeness (QED) is 0.0468. The zero-order chi connectivity index (χ0) is 27.5. The van der Waals surface area contributed by atoms with Crippen LogP contribution >= 0.6 is 0 Å². The summed E-state index contributed by atoms with van der Waals surface area (Å²) in [4.78, 5) is 20.7. The molecule has 0 aliphatic rings. The Bertz CT molecular complexity index is 495. The summed E-state index contributed by atoms with van der Waals surface area (Å²) < 4.78 is 4.90. The van der Waals surface area contributed by atoms with Gasteiger partial charge in [0.2, 0.25) is 0 Å². The molecule has 0 unspecified atom stereocenters. The lowest BCUT2D eigenvalue weighted by atomic mass is 10.1. The topological polar surface area (TPSA) is 43.4 Å². The van der Waals surface area contributed by atoms with Gasteiger partial charge in [-0.25, -0.2) is 0 Å². The molecule has 0 N–H and O–H groups in total. The average Bonchev–Trinajstić information content (AvgIpc) is 2.89. The fourth-order valence-electron chi connectivity index (χ4n) is 4.13. The van der Waals surface area contributed by atoms with Gasteiger partial charge in [-0.2, -0.15) is 0 Å². The van der Waals surface area contributed by atoms with Gasteiger partial charge in [0.05, 0.1) is 6.61 Å². The predicted molar refractivity (Wildman–Crippen MR) is 163 cm³/mol. The van der Waals surface area contributed by atoms with Crippen LogP contribution in [-0.2, 0) is 14.3 Å². The minimum atomic E-state index is -0.159. The van der Waals surface area contributed by atoms with E-state index < -0.39 is 0 Å². The summed E-state index contributed by atoms with van der Waals surface area (Å²) in [6.07, 6.45) is 40.7. The molecule has 0 bridgehead atoms. The largest absolute Gasteiger partial charge is 0.466 e. The molecule has 0 heterocycles. The summed E-state index contributed by atoms with van der Waals surface area (Å²) in [7, 11) is 0. The monoisotopic (exact) mass is 520 g/mol. The molecule has 0 aliphatic heterocycles. The van der Waals surface area contributed by atoms with E-state index in [0.29, 0.717) is 6.61 Å². The predicted octanol–water partition coefficient (Wildman–Crippen LogP) is 11.2. The standard InChI is InChI=1S/C18H34O2.C16H30O/c1-3-4-5-6-7-8-9-10-11-12-13-14-15-16-17-20-18(2)19;1-2-3-4-5-6-7-8-9-10-11-12-13-14-15-16-17/h6-7H,3-5,8-17H2,1-2H3;5-6,16H,2-4,7-15H2,1H3/b7-6-;6-5-. The molecule has 0 saturated carbocycles. The van der Waals surface area contributed by atoms with Gasteiger partial charge in [-0.15, -0.1) is 0 Å². The van der Waals surface area contributed by atoms with Crippen molar-refractivity contribution >= 4 is 12.3 Å². The normalized spacial score (nSPS) is 11.1. The third kappa shape index (κ3) is 42.0. The van der Waals surface area contributed by atoms with Gasteiger partial charge in [-0.1, -0.05) is 134 Å². The Balaban J connectivity index is 0. The first kappa shape index (κ1) is 37.8. The Morgan fingerprint density at radius 2 is 0.811 bits per heavy atom. The Labute approximate surface area is 232 Å². The summed E-state index contributed by atoms with van der Waals surface area (Å²) >= 11 is 0. The number of hydrogen-bond donors (Lipinski definition) is 0. The molecule has 0 aromatic carbocycles. The molecule has 37 heavy (non-hydrogen) atoms. The molecule has 3 nitrogen and oxygen atoms in total. The van der Waals surface area contributed by atoms with Crippen LogP contribution in [0.15, 0.2) is 24.3 Å². The van der Waals surface area contributed by atoms with Gasteiger partial charge in [0, 0.05) is 13.3 Å². The number of rotatable bonds is 27. The Kier molecular flexibility index (Phi) is 37.5. The summed E-state index contributed by atoms with van der Waals surface area (Å²) in [5.74, 6) is -0.159. The van der Waals surface area contributed by atoms with E-state index in [1.807, 2.05) is 0 Å². The van der Waals surface area contributed by atoms with Crippen molar-refractivity contribution < 1.29 is 14.3 Å². The molecule has 0 saturated heterocycles. The van der Waals surface area contributed by atoms with Crippen molar-refractivity contribution in [2.24, 2.45) is 0 Å². The Morgan fingerprint density at radius 3 is 1.16 bits per heavy atom. The highest BCUT2D eigenvalue weighted by Crippen LogP contribution is 2.11. The zero-order valence-corrected chi connectivity index (χ0v) is 25.3. The number of carbonyl (C=O) groups is 2. The van der Waals surface area contributed by atoms with E-state index in [1.165, 1.54) is 142 Å². The van der Waals surface area contributed by atoms with Crippen LogP contribution in [0.25, 0.3) is 0 Å². The lowest BCUT2D eigenvalue weighted by Crippen LogP contribution is -2.00. The third-order valence-corrected chi connectivity index (χ3v) is 6.55. The summed E-state index contributed by atoms with van der Waals surface area (Å²) in [6.45, 7) is 6.55. The maximum Gasteiger partial charge on any atom is 0.302 e. The van der Waals surface area contributed by atoms with Gasteiger partial charge >= 0.3 is 5.97 Å². The fraction of sp³-hybridized carbons (Fsp3) is 0.824. The van der Waals surface area contributed by atoms with E-state index in [1.54, 1.807) is 0 Å². The molecule has 0 fully saturated rings. The van der Waals surface area contributed by atoms with Crippen molar-refractivity contribution in [3.63, 3.8) is 0 Å². The molecule has 0 radical (unpaired) electrons. The van der Waals surface area contributed by atoms with E-state index in [-0.39, 0.29) is 5.97 Å². The molecule has 3 heteroatoms. The molecular formula is C34H64O3. The van der Waals surface area contributed by atoms with E-state index in [2.05, 4.69) is 38.2 Å². The number of unbranched alkanes of at least 4 members (excludes halogenated alkanes) is 20. The van der Waals surface area contributed by atoms with Crippen molar-refractivity contribution in [2.75, 3.05) is 6.61 Å². The molecule has 0 atom stereocenters. The molecule has 0 aromatic rings. The van der Waals surface area contributed by atoms with Gasteiger partial charge in [-0.3, -0.25) is 4.79 Å². The van der Waals surface area contributed by atoms with Crippen LogP contribution in [-0.4, -0.2) is 18.9 Å². The molecule has 0 aromatic heterocycles. The fourth-order valence-corrected chi connectivity index (χ4v) is 4.13. The van der Waals surface area contributed by atoms with Crippen molar-refractivity contribution in [1.82, 2.24) is 0 Å². The van der Waals surface area contributed by atoms with Gasteiger partial charge < -0.3 is 9.53 Å². The highest BCUT2D eigenvalue weighted by Gasteiger charge is 1.95. The highest BCUT2D eigenvalue weighted by atomic mass is 16.5. The van der Waals surface area contributed by atoms with Crippen LogP contribution < -0.4 is 0 Å². The second kappa shape index (κ2) is 36.8. The molecule has 0 spiro atoms. The van der Waals surface area contributed by atoms with Crippen molar-refractivity contribution in [3.8, 4) is 0 Å². The first-order chi connectivity index (χ1) is 18.2. The number of aldehydes is 1. The number of allylic oxidation sites excluding steroid dienone is 4. The average molecular weight is 521 g/mol. The van der Waals surface area contributed by atoms with Crippen LogP contribution in [0.3, 0.4) is 0 Å². The smallest absolute Gasteiger partial charge is 0.302 e. The second-order valence-corrected chi connectivity index (χ2v) is 10.4. The minimum absolute atomic E-state index is 0.159. The van der Waals surface area contributed by atoms with Crippen LogP contribution in [0, 0.1) is 0 Å². The summed E-state index contributed by atoms with van der Waals surface area (Å²) in [5, 5.41) is 0. The first-order valence-electron chi connectivity index (χ1n) is 16.1. The summed E-state index contributed by atoms with van der Waals surface area (Å²) in [5.41, 5.74) is 0. The molecule has 0 rings (SSSR count). The number of carbonyl (C=O) groups excluding carboxylic acids is 2. The van der Waals surface area contributed by atoms with Gasteiger partial charge in [0.15, 0.2) is 0 Å². The van der Waals surface area contributed by atoms with E-state index >= 15 is 0 Å². The van der Waals surface area contributed by atoms with Crippen LogP contribution in [0.2, 0.25) is 0 Å². The van der Waals surface area contributed by atoms with E-state index in [9.17, 15) is 9.59 Å². The zero-order valence-electron chi connectivity index (χ0n) is 25.3. The van der Waals surface area contributed by atoms with Gasteiger partial charge in [0.25, 0.3) is 0 Å². The first-order valence-corrected chi connectivity index (χ1v) is 16.1. The van der Waals surface area contributed by atoms with Crippen LogP contribution in [0.4, 0.5) is 0 Å². The van der Waals surface area contributed by atoms with E-state index in [4.69, 9.17) is 4.74 Å². The third-order valence-electron chi connectivity index (χ3n) is 6.55. The molecule has 218 valence electrons. The highest BCUT2D eigenvalue weighted by molar-refractivity contribution is 5.65. The van der Waals surface area contributed by atoms with Crippen molar-refractivity contribution in [1.29, 1.82) is 0 Å². The molecular weight excluding hydrogens is 456 g/mol. The van der Waals surface area contributed by atoms with Crippen LogP contribution in [0.5, 0.6) is 0 Å². The van der Waals surface area contributed by atoms with Crippen molar-refractivity contribution in [3.05, 3.63) is 24.3 Å². The SMILES string of the molecule is CCCC/C=C\CCCCCCCCCC=O.CCCC/C=C\CCCCCCCCCCOC(C)=O. The van der Waals surface area contributed by atoms with E-state index in [0.717, 1.165) is 25.5 Å². The van der Waals surface area contributed by atoms with Crippen LogP contribution in [0.1, 0.15) is 175 Å². The van der Waals surface area contributed by atoms with Gasteiger partial charge in [-0.05, 0) is 51.4 Å². The number of hydrogen-bond acceptors (Lipinski definition) is 3. The Morgan fingerprint density at radius 1 is 0.486 bits per heavy atom. The Hall–Kier alpha value is -1.38. The number of ether oxygens (including phenoxy) is 1. The lowest BCUT2D eigenvalue weighted by molar-refractivity contribution is -0.141. The minimum Gasteiger partial charge on any atom is -0.466 e.